The van der Waals surface area contributed by atoms with Gasteiger partial charge in [-0.05, 0) is 22.8 Å². The molecule has 15 heavy (non-hydrogen) atoms. The van der Waals surface area contributed by atoms with Crippen LogP contribution >= 0.6 is 0 Å². The Balaban J connectivity index is 1.93. The summed E-state index contributed by atoms with van der Waals surface area (Å²) in [7, 11) is 0. The average Bonchev–Trinajstić information content (AvgIpc) is 3.15. The van der Waals surface area contributed by atoms with E-state index in [1.54, 1.807) is 6.20 Å². The minimum atomic E-state index is 0.341. The Bertz CT molecular complexity index is 446. The normalized spacial score (nSPS) is 18.8. The largest absolute Gasteiger partial charge is 0.368 e. The van der Waals surface area contributed by atoms with Gasteiger partial charge in [0.25, 0.3) is 0 Å². The molecular formula is C13H11NO. The molecule has 1 aromatic heterocycles. The highest BCUT2D eigenvalue weighted by Gasteiger charge is 2.24. The topological polar surface area (TPSA) is 25.4 Å². The minimum absolute atomic E-state index is 0.341. The van der Waals surface area contributed by atoms with Gasteiger partial charge >= 0.3 is 0 Å². The lowest BCUT2D eigenvalue weighted by atomic mass is 10.0. The molecule has 2 heterocycles. The summed E-state index contributed by atoms with van der Waals surface area (Å²) in [6.45, 7) is 0.867. The molecule has 2 nitrogen and oxygen atoms in total. The van der Waals surface area contributed by atoms with E-state index in [1.165, 1.54) is 11.1 Å². The predicted octanol–water partition coefficient (Wildman–Crippen LogP) is 2.82. The quantitative estimate of drug-likeness (QED) is 0.692. The second-order valence-electron chi connectivity index (χ2n) is 3.69. The molecule has 0 N–H and O–H groups in total. The van der Waals surface area contributed by atoms with Crippen molar-refractivity contribution in [1.29, 1.82) is 0 Å². The SMILES string of the molecule is c1cncc(-c2ccc(C3CO3)cc2)c1. The fraction of sp³-hybridized carbons (Fsp3) is 0.154. The zero-order chi connectivity index (χ0) is 10.1. The van der Waals surface area contributed by atoms with Crippen molar-refractivity contribution in [3.05, 3.63) is 54.4 Å². The molecule has 0 radical (unpaired) electrons. The molecule has 1 fully saturated rings. The van der Waals surface area contributed by atoms with Gasteiger partial charge in [0.1, 0.15) is 6.10 Å². The molecule has 0 spiro atoms. The Morgan fingerprint density at radius 3 is 2.47 bits per heavy atom. The summed E-state index contributed by atoms with van der Waals surface area (Å²) in [5, 5.41) is 0. The summed E-state index contributed by atoms with van der Waals surface area (Å²) in [4.78, 5) is 4.11. The van der Waals surface area contributed by atoms with Crippen LogP contribution in [0.4, 0.5) is 0 Å². The van der Waals surface area contributed by atoms with Gasteiger partial charge in [-0.15, -0.1) is 0 Å². The van der Waals surface area contributed by atoms with Crippen LogP contribution in [-0.4, -0.2) is 11.6 Å². The summed E-state index contributed by atoms with van der Waals surface area (Å²) < 4.78 is 5.23. The number of hydrogen-bond donors (Lipinski definition) is 0. The van der Waals surface area contributed by atoms with Crippen LogP contribution in [0.25, 0.3) is 11.1 Å². The molecule has 2 aromatic rings. The van der Waals surface area contributed by atoms with Gasteiger partial charge in [0.05, 0.1) is 6.61 Å². The Hall–Kier alpha value is -1.67. The second kappa shape index (κ2) is 3.48. The van der Waals surface area contributed by atoms with Gasteiger partial charge in [-0.1, -0.05) is 30.3 Å². The average molecular weight is 197 g/mol. The fourth-order valence-electron chi connectivity index (χ4n) is 1.66. The maximum Gasteiger partial charge on any atom is 0.106 e. The molecule has 1 atom stereocenters. The van der Waals surface area contributed by atoms with E-state index < -0.39 is 0 Å². The summed E-state index contributed by atoms with van der Waals surface area (Å²) in [6, 6.07) is 12.5. The van der Waals surface area contributed by atoms with Crippen molar-refractivity contribution >= 4 is 0 Å². The number of ether oxygens (including phenoxy) is 1. The number of nitrogens with zero attached hydrogens (tertiary/aromatic N) is 1. The first-order valence-electron chi connectivity index (χ1n) is 5.05. The highest BCUT2D eigenvalue weighted by atomic mass is 16.6. The van der Waals surface area contributed by atoms with Crippen molar-refractivity contribution in [2.75, 3.05) is 6.61 Å². The van der Waals surface area contributed by atoms with E-state index >= 15 is 0 Å². The summed E-state index contributed by atoms with van der Waals surface area (Å²) in [5.74, 6) is 0. The Kier molecular flexibility index (Phi) is 2.00. The molecule has 0 bridgehead atoms. The Labute approximate surface area is 88.5 Å². The Morgan fingerprint density at radius 2 is 1.87 bits per heavy atom. The van der Waals surface area contributed by atoms with E-state index in [0.29, 0.717) is 6.10 Å². The molecule has 1 aliphatic heterocycles. The van der Waals surface area contributed by atoms with Gasteiger partial charge < -0.3 is 4.74 Å². The zero-order valence-corrected chi connectivity index (χ0v) is 8.26. The molecule has 0 aliphatic carbocycles. The van der Waals surface area contributed by atoms with Gasteiger partial charge in [-0.2, -0.15) is 0 Å². The van der Waals surface area contributed by atoms with Crippen molar-refractivity contribution < 1.29 is 4.74 Å². The lowest BCUT2D eigenvalue weighted by Gasteiger charge is -2.01. The van der Waals surface area contributed by atoms with Crippen molar-refractivity contribution in [3.63, 3.8) is 0 Å². The summed E-state index contributed by atoms with van der Waals surface area (Å²) in [5.41, 5.74) is 3.62. The maximum absolute atomic E-state index is 5.23. The van der Waals surface area contributed by atoms with Crippen molar-refractivity contribution in [2.45, 2.75) is 6.10 Å². The number of aromatic nitrogens is 1. The summed E-state index contributed by atoms with van der Waals surface area (Å²) in [6.07, 6.45) is 4.01. The van der Waals surface area contributed by atoms with E-state index in [-0.39, 0.29) is 0 Å². The van der Waals surface area contributed by atoms with Crippen LogP contribution in [0.3, 0.4) is 0 Å². The van der Waals surface area contributed by atoms with Gasteiger partial charge in [0.15, 0.2) is 0 Å². The summed E-state index contributed by atoms with van der Waals surface area (Å²) >= 11 is 0. The maximum atomic E-state index is 5.23. The van der Waals surface area contributed by atoms with Crippen LogP contribution in [0.15, 0.2) is 48.8 Å². The molecular weight excluding hydrogens is 186 g/mol. The highest BCUT2D eigenvalue weighted by Crippen LogP contribution is 2.30. The third-order valence-electron chi connectivity index (χ3n) is 2.61. The minimum Gasteiger partial charge on any atom is -0.368 e. The van der Waals surface area contributed by atoms with E-state index in [4.69, 9.17) is 4.74 Å². The third-order valence-corrected chi connectivity index (χ3v) is 2.61. The first-order valence-corrected chi connectivity index (χ1v) is 5.05. The number of epoxide rings is 1. The third kappa shape index (κ3) is 1.76. The van der Waals surface area contributed by atoms with Crippen molar-refractivity contribution in [3.8, 4) is 11.1 Å². The lowest BCUT2D eigenvalue weighted by Crippen LogP contribution is -1.82. The van der Waals surface area contributed by atoms with Gasteiger partial charge in [0, 0.05) is 12.4 Å². The fourth-order valence-corrected chi connectivity index (χ4v) is 1.66. The Morgan fingerprint density at radius 1 is 1.07 bits per heavy atom. The van der Waals surface area contributed by atoms with Crippen LogP contribution in [0.2, 0.25) is 0 Å². The van der Waals surface area contributed by atoms with Crippen LogP contribution in [-0.2, 0) is 4.74 Å². The van der Waals surface area contributed by atoms with Crippen molar-refractivity contribution in [2.24, 2.45) is 0 Å². The van der Waals surface area contributed by atoms with E-state index in [1.807, 2.05) is 12.3 Å². The smallest absolute Gasteiger partial charge is 0.106 e. The molecule has 3 rings (SSSR count). The number of benzene rings is 1. The molecule has 0 amide bonds. The van der Waals surface area contributed by atoms with Gasteiger partial charge in [-0.3, -0.25) is 4.98 Å². The van der Waals surface area contributed by atoms with Gasteiger partial charge in [-0.25, -0.2) is 0 Å². The lowest BCUT2D eigenvalue weighted by molar-refractivity contribution is 0.415. The molecule has 1 unspecified atom stereocenters. The van der Waals surface area contributed by atoms with Crippen LogP contribution < -0.4 is 0 Å². The molecule has 1 aliphatic rings. The highest BCUT2D eigenvalue weighted by molar-refractivity contribution is 5.62. The van der Waals surface area contributed by atoms with Gasteiger partial charge in [0.2, 0.25) is 0 Å². The van der Waals surface area contributed by atoms with Crippen LogP contribution in [0.5, 0.6) is 0 Å². The van der Waals surface area contributed by atoms with E-state index in [2.05, 4.69) is 35.3 Å². The van der Waals surface area contributed by atoms with E-state index in [0.717, 1.165) is 12.2 Å². The first-order chi connectivity index (χ1) is 7.43. The number of hydrogen-bond acceptors (Lipinski definition) is 2. The van der Waals surface area contributed by atoms with Crippen LogP contribution in [0.1, 0.15) is 11.7 Å². The second-order valence-corrected chi connectivity index (χ2v) is 3.69. The molecule has 2 heteroatoms. The predicted molar refractivity (Wildman–Crippen MR) is 58.4 cm³/mol. The zero-order valence-electron chi connectivity index (χ0n) is 8.26. The van der Waals surface area contributed by atoms with E-state index in [9.17, 15) is 0 Å². The monoisotopic (exact) mass is 197 g/mol. The molecule has 74 valence electrons. The first kappa shape index (κ1) is 8.62. The van der Waals surface area contributed by atoms with Crippen LogP contribution in [0, 0.1) is 0 Å². The van der Waals surface area contributed by atoms with Crippen molar-refractivity contribution in [1.82, 2.24) is 4.98 Å². The standard InChI is InChI=1S/C13H11NO/c1-2-12(8-14-7-1)10-3-5-11(6-4-10)13-9-15-13/h1-8,13H,9H2. The number of pyridine rings is 1. The molecule has 1 saturated heterocycles. The molecule has 1 aromatic carbocycles. The molecule has 0 saturated carbocycles. The number of rotatable bonds is 2.